The Morgan fingerprint density at radius 3 is 2.65 bits per heavy atom. The van der Waals surface area contributed by atoms with Gasteiger partial charge in [0.15, 0.2) is 5.82 Å². The highest BCUT2D eigenvalue weighted by Crippen LogP contribution is 2.36. The Labute approximate surface area is 140 Å². The first-order valence-corrected chi connectivity index (χ1v) is 7.91. The first kappa shape index (κ1) is 15.5. The van der Waals surface area contributed by atoms with E-state index in [1.807, 2.05) is 24.3 Å². The third-order valence-corrected chi connectivity index (χ3v) is 4.10. The quantitative estimate of drug-likeness (QED) is 0.772. The number of hydrogen-bond donors (Lipinski definition) is 1. The van der Waals surface area contributed by atoms with Crippen LogP contribution in [0.5, 0.6) is 0 Å². The summed E-state index contributed by atoms with van der Waals surface area (Å²) in [6.45, 7) is 5.01. The van der Waals surface area contributed by atoms with Crippen molar-refractivity contribution < 1.29 is 0 Å². The third-order valence-electron chi connectivity index (χ3n) is 3.79. The number of hydrogen-bond acceptors (Lipinski definition) is 4. The second-order valence-corrected chi connectivity index (χ2v) is 5.69. The zero-order valence-electron chi connectivity index (χ0n) is 13.1. The Morgan fingerprint density at radius 2 is 1.96 bits per heavy atom. The highest BCUT2D eigenvalue weighted by atomic mass is 35.5. The lowest BCUT2D eigenvalue weighted by molar-refractivity contribution is 0.881. The van der Waals surface area contributed by atoms with E-state index in [0.717, 1.165) is 34.1 Å². The summed E-state index contributed by atoms with van der Waals surface area (Å²) in [4.78, 5) is 2.23. The number of aromatic nitrogens is 4. The van der Waals surface area contributed by atoms with E-state index in [0.29, 0.717) is 12.2 Å². The zero-order chi connectivity index (χ0) is 16.2. The van der Waals surface area contributed by atoms with Gasteiger partial charge in [0.05, 0.1) is 10.7 Å². The molecular weight excluding hydrogens is 310 g/mol. The standard InChI is InChI=1S/C17H18ClN5/c1-3-23(17-12(2)7-6-9-14(17)18)15-10-5-4-8-13(15)11-16-19-21-22-20-16/h4-10H,3,11H2,1-2H3,(H,19,20,21,22). The molecule has 1 heterocycles. The molecule has 0 amide bonds. The van der Waals surface area contributed by atoms with Gasteiger partial charge in [0, 0.05) is 18.7 Å². The zero-order valence-corrected chi connectivity index (χ0v) is 13.9. The van der Waals surface area contributed by atoms with Crippen LogP contribution in [0.15, 0.2) is 42.5 Å². The summed E-state index contributed by atoms with van der Waals surface area (Å²) >= 11 is 6.47. The lowest BCUT2D eigenvalue weighted by Crippen LogP contribution is -2.19. The Hall–Kier alpha value is -2.40. The second kappa shape index (κ2) is 6.79. The van der Waals surface area contributed by atoms with Crippen LogP contribution in [-0.4, -0.2) is 27.2 Å². The first-order valence-electron chi connectivity index (χ1n) is 7.53. The number of tetrazole rings is 1. The summed E-state index contributed by atoms with van der Waals surface area (Å²) in [6, 6.07) is 14.2. The van der Waals surface area contributed by atoms with E-state index in [-0.39, 0.29) is 0 Å². The van der Waals surface area contributed by atoms with E-state index in [1.165, 1.54) is 0 Å². The maximum absolute atomic E-state index is 6.47. The molecule has 0 spiro atoms. The van der Waals surface area contributed by atoms with Crippen LogP contribution in [0, 0.1) is 6.92 Å². The highest BCUT2D eigenvalue weighted by molar-refractivity contribution is 6.33. The van der Waals surface area contributed by atoms with Crippen LogP contribution in [0.25, 0.3) is 0 Å². The molecule has 0 fully saturated rings. The van der Waals surface area contributed by atoms with Crippen LogP contribution in [0.4, 0.5) is 11.4 Å². The van der Waals surface area contributed by atoms with Crippen molar-refractivity contribution in [3.8, 4) is 0 Å². The van der Waals surface area contributed by atoms with Crippen molar-refractivity contribution >= 4 is 23.0 Å². The van der Waals surface area contributed by atoms with Gasteiger partial charge in [-0.1, -0.05) is 47.1 Å². The molecule has 3 rings (SSSR count). The second-order valence-electron chi connectivity index (χ2n) is 5.28. The summed E-state index contributed by atoms with van der Waals surface area (Å²) < 4.78 is 0. The Balaban J connectivity index is 2.05. The molecule has 6 heteroatoms. The minimum atomic E-state index is 0.618. The van der Waals surface area contributed by atoms with Crippen LogP contribution >= 0.6 is 11.6 Å². The van der Waals surface area contributed by atoms with Crippen LogP contribution in [0.1, 0.15) is 23.9 Å². The smallest absolute Gasteiger partial charge is 0.178 e. The van der Waals surface area contributed by atoms with Gasteiger partial charge in [0.1, 0.15) is 0 Å². The molecule has 0 aliphatic heterocycles. The fraction of sp³-hybridized carbons (Fsp3) is 0.235. The van der Waals surface area contributed by atoms with Gasteiger partial charge in [-0.25, -0.2) is 0 Å². The van der Waals surface area contributed by atoms with E-state index in [4.69, 9.17) is 11.6 Å². The van der Waals surface area contributed by atoms with E-state index in [9.17, 15) is 0 Å². The molecule has 1 aromatic heterocycles. The molecule has 0 saturated carbocycles. The minimum absolute atomic E-state index is 0.618. The molecule has 0 unspecified atom stereocenters. The minimum Gasteiger partial charge on any atom is -0.340 e. The van der Waals surface area contributed by atoms with Gasteiger partial charge >= 0.3 is 0 Å². The van der Waals surface area contributed by atoms with Crippen molar-refractivity contribution in [2.24, 2.45) is 0 Å². The number of halogens is 1. The normalized spacial score (nSPS) is 10.7. The Bertz CT molecular complexity index is 765. The number of benzene rings is 2. The van der Waals surface area contributed by atoms with Gasteiger partial charge in [-0.2, -0.15) is 5.21 Å². The summed E-state index contributed by atoms with van der Waals surface area (Å²) in [5.74, 6) is 0.671. The predicted octanol–water partition coefficient (Wildman–Crippen LogP) is 3.91. The molecule has 0 atom stereocenters. The van der Waals surface area contributed by atoms with Crippen molar-refractivity contribution in [1.82, 2.24) is 20.6 Å². The molecule has 1 N–H and O–H groups in total. The molecular formula is C17H18ClN5. The first-order chi connectivity index (χ1) is 11.2. The number of para-hydroxylation sites is 2. The molecule has 118 valence electrons. The van der Waals surface area contributed by atoms with Crippen molar-refractivity contribution in [1.29, 1.82) is 0 Å². The summed E-state index contributed by atoms with van der Waals surface area (Å²) in [7, 11) is 0. The van der Waals surface area contributed by atoms with Crippen LogP contribution < -0.4 is 4.90 Å². The van der Waals surface area contributed by atoms with Gasteiger partial charge in [-0.15, -0.1) is 10.2 Å². The average Bonchev–Trinajstić information content (AvgIpc) is 3.05. The molecule has 23 heavy (non-hydrogen) atoms. The Morgan fingerprint density at radius 1 is 1.13 bits per heavy atom. The van der Waals surface area contributed by atoms with Gasteiger partial charge in [0.25, 0.3) is 0 Å². The number of rotatable bonds is 5. The van der Waals surface area contributed by atoms with E-state index in [1.54, 1.807) is 0 Å². The molecule has 0 saturated heterocycles. The summed E-state index contributed by atoms with van der Waals surface area (Å²) in [5, 5.41) is 15.0. The van der Waals surface area contributed by atoms with Crippen LogP contribution in [0.2, 0.25) is 5.02 Å². The van der Waals surface area contributed by atoms with Gasteiger partial charge < -0.3 is 4.90 Å². The monoisotopic (exact) mass is 327 g/mol. The lowest BCUT2D eigenvalue weighted by Gasteiger charge is -2.28. The number of aromatic amines is 1. The van der Waals surface area contributed by atoms with Gasteiger partial charge in [-0.3, -0.25) is 0 Å². The molecule has 3 aromatic rings. The molecule has 0 radical (unpaired) electrons. The molecule has 0 aliphatic carbocycles. The van der Waals surface area contributed by atoms with Gasteiger partial charge in [0.2, 0.25) is 0 Å². The third kappa shape index (κ3) is 3.19. The van der Waals surface area contributed by atoms with E-state index < -0.39 is 0 Å². The van der Waals surface area contributed by atoms with Crippen LogP contribution in [-0.2, 0) is 6.42 Å². The number of H-pyrrole nitrogens is 1. The van der Waals surface area contributed by atoms with Gasteiger partial charge in [-0.05, 0) is 37.1 Å². The molecule has 0 aliphatic rings. The maximum atomic E-state index is 6.47. The number of aryl methyl sites for hydroxylation is 1. The largest absolute Gasteiger partial charge is 0.340 e. The summed E-state index contributed by atoms with van der Waals surface area (Å²) in [5.41, 5.74) is 4.43. The molecule has 0 bridgehead atoms. The molecule has 2 aromatic carbocycles. The van der Waals surface area contributed by atoms with Crippen molar-refractivity contribution in [2.45, 2.75) is 20.3 Å². The Kier molecular flexibility index (Phi) is 4.57. The fourth-order valence-electron chi connectivity index (χ4n) is 2.77. The van der Waals surface area contributed by atoms with E-state index >= 15 is 0 Å². The fourth-order valence-corrected chi connectivity index (χ4v) is 3.09. The van der Waals surface area contributed by atoms with E-state index in [2.05, 4.69) is 57.6 Å². The topological polar surface area (TPSA) is 57.7 Å². The van der Waals surface area contributed by atoms with Crippen molar-refractivity contribution in [3.63, 3.8) is 0 Å². The number of nitrogens with zero attached hydrogens (tertiary/aromatic N) is 4. The van der Waals surface area contributed by atoms with Crippen molar-refractivity contribution in [2.75, 3.05) is 11.4 Å². The van der Waals surface area contributed by atoms with Crippen molar-refractivity contribution in [3.05, 3.63) is 64.4 Å². The summed E-state index contributed by atoms with van der Waals surface area (Å²) in [6.07, 6.45) is 0.618. The SMILES string of the molecule is CCN(c1ccccc1Cc1nn[nH]n1)c1c(C)cccc1Cl. The average molecular weight is 328 g/mol. The highest BCUT2D eigenvalue weighted by Gasteiger charge is 2.17. The van der Waals surface area contributed by atoms with Crippen LogP contribution in [0.3, 0.4) is 0 Å². The predicted molar refractivity (Wildman–Crippen MR) is 92.3 cm³/mol. The maximum Gasteiger partial charge on any atom is 0.178 e. The lowest BCUT2D eigenvalue weighted by atomic mass is 10.1. The number of nitrogens with one attached hydrogen (secondary N) is 1. The number of anilines is 2. The molecule has 5 nitrogen and oxygen atoms in total.